The first-order chi connectivity index (χ1) is 3.98. The summed E-state index contributed by atoms with van der Waals surface area (Å²) in [4.78, 5) is 0. The van der Waals surface area contributed by atoms with E-state index in [1.54, 1.807) is 0 Å². The van der Waals surface area contributed by atoms with Gasteiger partial charge in [0.1, 0.15) is 0 Å². The molecule has 0 saturated carbocycles. The first kappa shape index (κ1) is 7.71. The van der Waals surface area contributed by atoms with Crippen LogP contribution in [0.4, 0.5) is 0 Å². The van der Waals surface area contributed by atoms with Crippen molar-refractivity contribution in [1.29, 1.82) is 5.26 Å². The zero-order valence-corrected chi connectivity index (χ0v) is 5.09. The van der Waals surface area contributed by atoms with Crippen LogP contribution in [-0.4, -0.2) is 14.4 Å². The van der Waals surface area contributed by atoms with Crippen molar-refractivity contribution in [2.24, 2.45) is 15.9 Å². The SMILES string of the molecule is N#CS(=O)(=O)N=C(N)N. The number of sulfonamides is 1. The number of guanidine groups is 1. The number of hydrogen-bond acceptors (Lipinski definition) is 3. The fourth-order valence-electron chi connectivity index (χ4n) is 0.159. The van der Waals surface area contributed by atoms with E-state index >= 15 is 0 Å². The first-order valence-electron chi connectivity index (χ1n) is 1.74. The number of nitriles is 1. The molecule has 0 rings (SSSR count). The van der Waals surface area contributed by atoms with Crippen LogP contribution in [0.5, 0.6) is 0 Å². The molecule has 0 aromatic rings. The summed E-state index contributed by atoms with van der Waals surface area (Å²) in [5, 5.41) is 8.68. The zero-order chi connectivity index (χ0) is 7.49. The lowest BCUT2D eigenvalue weighted by molar-refractivity contribution is 0.607. The van der Waals surface area contributed by atoms with Crippen LogP contribution >= 0.6 is 0 Å². The van der Waals surface area contributed by atoms with Crippen LogP contribution in [0.2, 0.25) is 0 Å². The number of nitrogens with two attached hydrogens (primary N) is 2. The summed E-state index contributed by atoms with van der Waals surface area (Å²) in [6, 6.07) is 0. The predicted octanol–water partition coefficient (Wildman–Crippen LogP) is -1.93. The van der Waals surface area contributed by atoms with E-state index in [1.165, 1.54) is 0 Å². The Morgan fingerprint density at radius 2 is 2.00 bits per heavy atom. The van der Waals surface area contributed by atoms with E-state index < -0.39 is 16.0 Å². The lowest BCUT2D eigenvalue weighted by Crippen LogP contribution is -2.23. The molecule has 6 nitrogen and oxygen atoms in total. The van der Waals surface area contributed by atoms with Crippen LogP contribution in [0.25, 0.3) is 0 Å². The average molecular weight is 148 g/mol. The van der Waals surface area contributed by atoms with E-state index in [2.05, 4.69) is 15.9 Å². The van der Waals surface area contributed by atoms with Gasteiger partial charge in [-0.3, -0.25) is 0 Å². The molecule has 0 aliphatic carbocycles. The molecule has 0 aromatic carbocycles. The minimum absolute atomic E-state index is 0.642. The summed E-state index contributed by atoms with van der Waals surface area (Å²) in [7, 11) is -4.08. The van der Waals surface area contributed by atoms with Gasteiger partial charge in [-0.2, -0.15) is 13.7 Å². The highest BCUT2D eigenvalue weighted by Crippen LogP contribution is 1.84. The van der Waals surface area contributed by atoms with E-state index in [0.717, 1.165) is 5.40 Å². The van der Waals surface area contributed by atoms with Crippen LogP contribution in [0.1, 0.15) is 0 Å². The topological polar surface area (TPSA) is 122 Å². The summed E-state index contributed by atoms with van der Waals surface area (Å²) in [5.41, 5.74) is 9.30. The van der Waals surface area contributed by atoms with E-state index in [-0.39, 0.29) is 0 Å². The minimum atomic E-state index is -4.08. The first-order valence-corrected chi connectivity index (χ1v) is 3.18. The van der Waals surface area contributed by atoms with Gasteiger partial charge in [-0.05, 0) is 0 Å². The molecule has 7 heteroatoms. The molecule has 0 aliphatic rings. The molecule has 0 unspecified atom stereocenters. The molecule has 0 bridgehead atoms. The highest BCUT2D eigenvalue weighted by atomic mass is 32.2. The van der Waals surface area contributed by atoms with Crippen molar-refractivity contribution in [2.45, 2.75) is 0 Å². The maximum absolute atomic E-state index is 10.1. The van der Waals surface area contributed by atoms with Gasteiger partial charge in [0, 0.05) is 0 Å². The third-order valence-electron chi connectivity index (χ3n) is 0.341. The average Bonchev–Trinajstić information content (AvgIpc) is 1.63. The lowest BCUT2D eigenvalue weighted by Gasteiger charge is -1.83. The van der Waals surface area contributed by atoms with E-state index in [9.17, 15) is 8.42 Å². The van der Waals surface area contributed by atoms with Crippen LogP contribution in [0.3, 0.4) is 0 Å². The van der Waals surface area contributed by atoms with Gasteiger partial charge in [0.25, 0.3) is 0 Å². The Balaban J connectivity index is 4.68. The number of nitrogens with zero attached hydrogens (tertiary/aromatic N) is 2. The molecule has 0 fully saturated rings. The van der Waals surface area contributed by atoms with Gasteiger partial charge >= 0.3 is 10.0 Å². The maximum atomic E-state index is 10.1. The third-order valence-corrected chi connectivity index (χ3v) is 1.02. The Labute approximate surface area is 51.8 Å². The van der Waals surface area contributed by atoms with Gasteiger partial charge in [-0.15, -0.1) is 4.40 Å². The zero-order valence-electron chi connectivity index (χ0n) is 4.27. The second kappa shape index (κ2) is 2.32. The van der Waals surface area contributed by atoms with Crippen LogP contribution < -0.4 is 11.5 Å². The fraction of sp³-hybridized carbons (Fsp3) is 0. The summed E-state index contributed by atoms with van der Waals surface area (Å²) in [5.74, 6) is -0.642. The molecule has 0 atom stereocenters. The Hall–Kier alpha value is -1.29. The normalized spacial score (nSPS) is 9.67. The monoisotopic (exact) mass is 148 g/mol. The highest BCUT2D eigenvalue weighted by Gasteiger charge is 2.03. The van der Waals surface area contributed by atoms with Gasteiger partial charge in [0.15, 0.2) is 0 Å². The molecule has 4 N–H and O–H groups in total. The summed E-state index contributed by atoms with van der Waals surface area (Å²) in [6.07, 6.45) is 0. The molecule has 0 spiro atoms. The predicted molar refractivity (Wildman–Crippen MR) is 30.3 cm³/mol. The van der Waals surface area contributed by atoms with E-state index in [0.29, 0.717) is 0 Å². The number of thiocyanates is 1. The van der Waals surface area contributed by atoms with Crippen molar-refractivity contribution in [3.8, 4) is 5.40 Å². The Kier molecular flexibility index (Phi) is 1.99. The molecule has 0 aromatic heterocycles. The van der Waals surface area contributed by atoms with Crippen molar-refractivity contribution >= 4 is 16.0 Å². The smallest absolute Gasteiger partial charge is 0.350 e. The highest BCUT2D eigenvalue weighted by molar-refractivity contribution is 7.94. The maximum Gasteiger partial charge on any atom is 0.350 e. The Bertz CT molecular complexity index is 253. The van der Waals surface area contributed by atoms with Crippen molar-refractivity contribution in [3.05, 3.63) is 0 Å². The van der Waals surface area contributed by atoms with Gasteiger partial charge in [-0.1, -0.05) is 0 Å². The molecular formula is C2H4N4O2S. The van der Waals surface area contributed by atoms with E-state index in [1.807, 2.05) is 0 Å². The van der Waals surface area contributed by atoms with Gasteiger partial charge in [-0.25, -0.2) is 0 Å². The van der Waals surface area contributed by atoms with Gasteiger partial charge in [0.05, 0.1) is 0 Å². The molecule has 0 aliphatic heterocycles. The summed E-state index contributed by atoms with van der Waals surface area (Å²) < 4.78 is 22.8. The third kappa shape index (κ3) is 3.31. The number of hydrogen-bond donors (Lipinski definition) is 2. The number of rotatable bonds is 1. The molecular weight excluding hydrogens is 144 g/mol. The standard InChI is InChI=1S/C2H4N4O2S/c3-1-9(7,8)6-2(4)5/h(H4,4,5,6). The second-order valence-electron chi connectivity index (χ2n) is 1.08. The van der Waals surface area contributed by atoms with Gasteiger partial charge in [0.2, 0.25) is 11.4 Å². The van der Waals surface area contributed by atoms with Crippen molar-refractivity contribution < 1.29 is 8.42 Å². The van der Waals surface area contributed by atoms with Gasteiger partial charge < -0.3 is 11.5 Å². The van der Waals surface area contributed by atoms with Crippen LogP contribution in [0.15, 0.2) is 4.40 Å². The molecule has 0 radical (unpaired) electrons. The van der Waals surface area contributed by atoms with Crippen LogP contribution in [0, 0.1) is 10.7 Å². The summed E-state index contributed by atoms with van der Waals surface area (Å²) in [6.45, 7) is 0. The molecule has 50 valence electrons. The molecule has 0 saturated heterocycles. The van der Waals surface area contributed by atoms with Crippen LogP contribution in [-0.2, 0) is 10.0 Å². The largest absolute Gasteiger partial charge is 0.369 e. The second-order valence-corrected chi connectivity index (χ2v) is 2.40. The minimum Gasteiger partial charge on any atom is -0.369 e. The Morgan fingerprint density at radius 1 is 1.56 bits per heavy atom. The molecule has 0 amide bonds. The van der Waals surface area contributed by atoms with Crippen molar-refractivity contribution in [2.75, 3.05) is 0 Å². The van der Waals surface area contributed by atoms with Crippen molar-refractivity contribution in [1.82, 2.24) is 0 Å². The quantitative estimate of drug-likeness (QED) is 0.194. The van der Waals surface area contributed by atoms with Crippen molar-refractivity contribution in [3.63, 3.8) is 0 Å². The molecule has 9 heavy (non-hydrogen) atoms. The molecule has 0 heterocycles. The fourth-order valence-corrected chi connectivity index (χ4v) is 0.478. The summed E-state index contributed by atoms with van der Waals surface area (Å²) >= 11 is 0. The Morgan fingerprint density at radius 3 is 2.11 bits per heavy atom. The lowest BCUT2D eigenvalue weighted by atomic mass is 11.1. The van der Waals surface area contributed by atoms with E-state index in [4.69, 9.17) is 5.26 Å².